The first-order valence-electron chi connectivity index (χ1n) is 7.10. The van der Waals surface area contributed by atoms with Crippen LogP contribution in [0.15, 0.2) is 18.2 Å². The molecule has 1 amide bonds. The van der Waals surface area contributed by atoms with Crippen molar-refractivity contribution in [3.05, 3.63) is 29.6 Å². The van der Waals surface area contributed by atoms with Crippen LogP contribution in [0.3, 0.4) is 0 Å². The zero-order chi connectivity index (χ0) is 14.4. The Balaban J connectivity index is 1.77. The Morgan fingerprint density at radius 2 is 2.25 bits per heavy atom. The van der Waals surface area contributed by atoms with Crippen molar-refractivity contribution in [1.82, 2.24) is 10.6 Å². The van der Waals surface area contributed by atoms with Crippen molar-refractivity contribution >= 4 is 5.91 Å². The van der Waals surface area contributed by atoms with E-state index in [1.54, 1.807) is 6.07 Å². The highest BCUT2D eigenvalue weighted by molar-refractivity contribution is 5.75. The Bertz CT molecular complexity index is 461. The Labute approximate surface area is 118 Å². The van der Waals surface area contributed by atoms with E-state index in [9.17, 15) is 9.18 Å². The monoisotopic (exact) mass is 280 g/mol. The number of nitrogens with one attached hydrogen (secondary N) is 2. The summed E-state index contributed by atoms with van der Waals surface area (Å²) in [6.07, 6.45) is 2.66. The first kappa shape index (κ1) is 14.8. The number of hydrogen-bond donors (Lipinski definition) is 2. The lowest BCUT2D eigenvalue weighted by Gasteiger charge is -2.09. The fourth-order valence-electron chi connectivity index (χ4n) is 1.86. The van der Waals surface area contributed by atoms with Crippen molar-refractivity contribution in [2.45, 2.75) is 38.8 Å². The number of rotatable bonds is 8. The van der Waals surface area contributed by atoms with Gasteiger partial charge in [0.1, 0.15) is 0 Å². The van der Waals surface area contributed by atoms with Gasteiger partial charge in [-0.15, -0.1) is 0 Å². The van der Waals surface area contributed by atoms with Gasteiger partial charge in [0.2, 0.25) is 5.91 Å². The van der Waals surface area contributed by atoms with Crippen LogP contribution in [0.5, 0.6) is 5.75 Å². The molecule has 2 N–H and O–H groups in total. The van der Waals surface area contributed by atoms with Crippen LogP contribution in [-0.2, 0) is 11.3 Å². The molecule has 0 radical (unpaired) electrons. The predicted octanol–water partition coefficient (Wildman–Crippen LogP) is 1.98. The number of carbonyl (C=O) groups excluding carboxylic acids is 1. The molecule has 0 saturated heterocycles. The minimum atomic E-state index is -0.379. The highest BCUT2D eigenvalue weighted by Gasteiger charge is 2.20. The second-order valence-electron chi connectivity index (χ2n) is 4.97. The van der Waals surface area contributed by atoms with Crippen LogP contribution >= 0.6 is 0 Å². The second-order valence-corrected chi connectivity index (χ2v) is 4.97. The summed E-state index contributed by atoms with van der Waals surface area (Å²) < 4.78 is 19.1. The lowest BCUT2D eigenvalue weighted by Crippen LogP contribution is -2.24. The average molecular weight is 280 g/mol. The molecule has 1 fully saturated rings. The van der Waals surface area contributed by atoms with E-state index in [2.05, 4.69) is 10.6 Å². The van der Waals surface area contributed by atoms with E-state index >= 15 is 0 Å². The summed E-state index contributed by atoms with van der Waals surface area (Å²) in [5, 5.41) is 6.00. The smallest absolute Gasteiger partial charge is 0.223 e. The standard InChI is InChI=1S/C15H21FN2O2/c1-2-17-15(19)7-8-20-14-6-3-11(9-13(14)16)10-18-12-4-5-12/h3,6,9,12,18H,2,4-5,7-8,10H2,1H3,(H,17,19). The number of amides is 1. The third-order valence-corrected chi connectivity index (χ3v) is 3.13. The highest BCUT2D eigenvalue weighted by Crippen LogP contribution is 2.21. The molecule has 0 spiro atoms. The zero-order valence-corrected chi connectivity index (χ0v) is 11.7. The Morgan fingerprint density at radius 1 is 1.45 bits per heavy atom. The van der Waals surface area contributed by atoms with Crippen molar-refractivity contribution in [2.24, 2.45) is 0 Å². The molecule has 0 unspecified atom stereocenters. The van der Waals surface area contributed by atoms with Gasteiger partial charge < -0.3 is 15.4 Å². The molecular weight excluding hydrogens is 259 g/mol. The fourth-order valence-corrected chi connectivity index (χ4v) is 1.86. The van der Waals surface area contributed by atoms with Crippen LogP contribution in [0.2, 0.25) is 0 Å². The third kappa shape index (κ3) is 4.81. The van der Waals surface area contributed by atoms with Gasteiger partial charge in [0.25, 0.3) is 0 Å². The number of ether oxygens (including phenoxy) is 1. The quantitative estimate of drug-likeness (QED) is 0.765. The molecule has 2 rings (SSSR count). The Kier molecular flexibility index (Phi) is 5.35. The summed E-state index contributed by atoms with van der Waals surface area (Å²) in [5.74, 6) is -0.265. The van der Waals surface area contributed by atoms with Gasteiger partial charge in [0.15, 0.2) is 11.6 Å². The van der Waals surface area contributed by atoms with Gasteiger partial charge in [-0.25, -0.2) is 4.39 Å². The summed E-state index contributed by atoms with van der Waals surface area (Å²) in [4.78, 5) is 11.2. The summed E-state index contributed by atoms with van der Waals surface area (Å²) in [7, 11) is 0. The lowest BCUT2D eigenvalue weighted by molar-refractivity contribution is -0.121. The van der Waals surface area contributed by atoms with Crippen LogP contribution in [0.25, 0.3) is 0 Å². The van der Waals surface area contributed by atoms with E-state index in [1.165, 1.54) is 18.9 Å². The summed E-state index contributed by atoms with van der Waals surface area (Å²) >= 11 is 0. The van der Waals surface area contributed by atoms with Crippen molar-refractivity contribution in [3.8, 4) is 5.75 Å². The maximum absolute atomic E-state index is 13.8. The molecule has 0 atom stereocenters. The van der Waals surface area contributed by atoms with Gasteiger partial charge in [-0.3, -0.25) is 4.79 Å². The van der Waals surface area contributed by atoms with Crippen molar-refractivity contribution in [2.75, 3.05) is 13.2 Å². The third-order valence-electron chi connectivity index (χ3n) is 3.13. The number of halogens is 1. The number of hydrogen-bond acceptors (Lipinski definition) is 3. The van der Waals surface area contributed by atoms with Gasteiger partial charge in [-0.2, -0.15) is 0 Å². The maximum atomic E-state index is 13.8. The van der Waals surface area contributed by atoms with Crippen LogP contribution in [0.4, 0.5) is 4.39 Å². The second kappa shape index (κ2) is 7.24. The van der Waals surface area contributed by atoms with Crippen LogP contribution in [0, 0.1) is 5.82 Å². The van der Waals surface area contributed by atoms with E-state index in [1.807, 2.05) is 13.0 Å². The summed E-state index contributed by atoms with van der Waals surface area (Å²) in [6, 6.07) is 5.55. The van der Waals surface area contributed by atoms with Crippen LogP contribution in [-0.4, -0.2) is 25.1 Å². The van der Waals surface area contributed by atoms with E-state index in [0.717, 1.165) is 5.56 Å². The van der Waals surface area contributed by atoms with Crippen LogP contribution in [0.1, 0.15) is 31.7 Å². The van der Waals surface area contributed by atoms with Crippen molar-refractivity contribution < 1.29 is 13.9 Å². The minimum absolute atomic E-state index is 0.0850. The normalized spacial score (nSPS) is 14.1. The molecular formula is C15H21FN2O2. The molecule has 0 aliphatic heterocycles. The van der Waals surface area contributed by atoms with E-state index in [4.69, 9.17) is 4.74 Å². The van der Waals surface area contributed by atoms with E-state index in [0.29, 0.717) is 19.1 Å². The molecule has 0 aromatic heterocycles. The zero-order valence-electron chi connectivity index (χ0n) is 11.7. The summed E-state index contributed by atoms with van der Waals surface area (Å²) in [6.45, 7) is 3.31. The SMILES string of the molecule is CCNC(=O)CCOc1ccc(CNC2CC2)cc1F. The molecule has 110 valence electrons. The average Bonchev–Trinajstić information content (AvgIpc) is 3.23. The molecule has 5 heteroatoms. The predicted molar refractivity (Wildman–Crippen MR) is 75.1 cm³/mol. The molecule has 20 heavy (non-hydrogen) atoms. The molecule has 1 aromatic rings. The van der Waals surface area contributed by atoms with Gasteiger partial charge in [0, 0.05) is 19.1 Å². The Morgan fingerprint density at radius 3 is 2.90 bits per heavy atom. The molecule has 1 saturated carbocycles. The Hall–Kier alpha value is -1.62. The minimum Gasteiger partial charge on any atom is -0.490 e. The lowest BCUT2D eigenvalue weighted by atomic mass is 10.2. The molecule has 1 aromatic carbocycles. The largest absolute Gasteiger partial charge is 0.490 e. The number of carbonyl (C=O) groups is 1. The maximum Gasteiger partial charge on any atom is 0.223 e. The van der Waals surface area contributed by atoms with Gasteiger partial charge in [-0.05, 0) is 37.5 Å². The highest BCUT2D eigenvalue weighted by atomic mass is 19.1. The summed E-state index contributed by atoms with van der Waals surface area (Å²) in [5.41, 5.74) is 0.908. The molecule has 4 nitrogen and oxygen atoms in total. The van der Waals surface area contributed by atoms with Crippen molar-refractivity contribution in [1.29, 1.82) is 0 Å². The fraction of sp³-hybridized carbons (Fsp3) is 0.533. The van der Waals surface area contributed by atoms with E-state index in [-0.39, 0.29) is 30.5 Å². The number of benzene rings is 1. The van der Waals surface area contributed by atoms with Crippen LogP contribution < -0.4 is 15.4 Å². The van der Waals surface area contributed by atoms with Gasteiger partial charge in [0.05, 0.1) is 13.0 Å². The molecule has 1 aliphatic rings. The van der Waals surface area contributed by atoms with Gasteiger partial charge in [-0.1, -0.05) is 6.07 Å². The van der Waals surface area contributed by atoms with Crippen molar-refractivity contribution in [3.63, 3.8) is 0 Å². The topological polar surface area (TPSA) is 50.4 Å². The first-order chi connectivity index (χ1) is 9.69. The molecule has 1 aliphatic carbocycles. The molecule has 0 heterocycles. The van der Waals surface area contributed by atoms with E-state index < -0.39 is 0 Å². The first-order valence-corrected chi connectivity index (χ1v) is 7.10. The van der Waals surface area contributed by atoms with Gasteiger partial charge >= 0.3 is 0 Å². The molecule has 0 bridgehead atoms.